The lowest BCUT2D eigenvalue weighted by Gasteiger charge is -2.18. The van der Waals surface area contributed by atoms with Crippen LogP contribution in [0.4, 0.5) is 5.69 Å². The standard InChI is InChI=1S/C11H15BrN2O3.ClH/c1-2-3-10(15)11(13)7-4-5-8(12)9(6-7)14(16)17;/h4-6,10-11,15H,2-3,13H2,1H3;1H/t10-,11+;/m1./s1. The van der Waals surface area contributed by atoms with Crippen molar-refractivity contribution in [3.63, 3.8) is 0 Å². The van der Waals surface area contributed by atoms with Gasteiger partial charge in [-0.2, -0.15) is 0 Å². The fourth-order valence-corrected chi connectivity index (χ4v) is 1.97. The van der Waals surface area contributed by atoms with Gasteiger partial charge in [-0.3, -0.25) is 10.1 Å². The third kappa shape index (κ3) is 4.20. The van der Waals surface area contributed by atoms with E-state index in [-0.39, 0.29) is 18.1 Å². The van der Waals surface area contributed by atoms with Crippen molar-refractivity contribution in [1.82, 2.24) is 0 Å². The molecule has 0 unspecified atom stereocenters. The Morgan fingerprint density at radius 1 is 1.56 bits per heavy atom. The van der Waals surface area contributed by atoms with Gasteiger partial charge in [0, 0.05) is 6.07 Å². The van der Waals surface area contributed by atoms with Crippen LogP contribution in [0.3, 0.4) is 0 Å². The summed E-state index contributed by atoms with van der Waals surface area (Å²) in [5, 5.41) is 20.5. The van der Waals surface area contributed by atoms with E-state index in [0.717, 1.165) is 6.42 Å². The Balaban J connectivity index is 0.00000289. The van der Waals surface area contributed by atoms with Gasteiger partial charge < -0.3 is 10.8 Å². The molecular formula is C11H16BrClN2O3. The van der Waals surface area contributed by atoms with Crippen molar-refractivity contribution in [2.75, 3.05) is 0 Å². The highest BCUT2D eigenvalue weighted by atomic mass is 79.9. The molecule has 0 aliphatic heterocycles. The van der Waals surface area contributed by atoms with Gasteiger partial charge in [0.2, 0.25) is 0 Å². The number of aliphatic hydroxyl groups excluding tert-OH is 1. The topological polar surface area (TPSA) is 89.4 Å². The first kappa shape index (κ1) is 17.3. The SMILES string of the molecule is CCC[C@@H](O)[C@@H](N)c1ccc(Br)c([N+](=O)[O-])c1.Cl. The van der Waals surface area contributed by atoms with Crippen molar-refractivity contribution in [2.45, 2.75) is 31.9 Å². The second-order valence-electron chi connectivity index (χ2n) is 3.85. The van der Waals surface area contributed by atoms with Crippen LogP contribution in [0.5, 0.6) is 0 Å². The molecule has 0 saturated heterocycles. The zero-order valence-electron chi connectivity index (χ0n) is 9.88. The lowest BCUT2D eigenvalue weighted by Crippen LogP contribution is -2.26. The summed E-state index contributed by atoms with van der Waals surface area (Å²) >= 11 is 3.10. The molecular weight excluding hydrogens is 323 g/mol. The van der Waals surface area contributed by atoms with Crippen molar-refractivity contribution >= 4 is 34.0 Å². The maximum atomic E-state index is 10.8. The molecule has 2 atom stereocenters. The summed E-state index contributed by atoms with van der Waals surface area (Å²) in [6.07, 6.45) is 0.708. The van der Waals surface area contributed by atoms with Crippen molar-refractivity contribution in [1.29, 1.82) is 0 Å². The number of benzene rings is 1. The molecule has 0 fully saturated rings. The van der Waals surface area contributed by atoms with Crippen LogP contribution < -0.4 is 5.73 Å². The lowest BCUT2D eigenvalue weighted by atomic mass is 9.99. The van der Waals surface area contributed by atoms with E-state index in [2.05, 4.69) is 15.9 Å². The normalized spacial score (nSPS) is 13.6. The number of nitro benzene ring substituents is 1. The zero-order valence-corrected chi connectivity index (χ0v) is 12.3. The quantitative estimate of drug-likeness (QED) is 0.637. The number of aliphatic hydroxyl groups is 1. The van der Waals surface area contributed by atoms with Crippen LogP contribution in [0.1, 0.15) is 31.4 Å². The molecule has 0 spiro atoms. The molecule has 18 heavy (non-hydrogen) atoms. The number of hydrogen-bond donors (Lipinski definition) is 2. The Labute approximate surface area is 120 Å². The van der Waals surface area contributed by atoms with Gasteiger partial charge in [0.1, 0.15) is 0 Å². The Hall–Kier alpha value is -0.690. The van der Waals surface area contributed by atoms with E-state index >= 15 is 0 Å². The Morgan fingerprint density at radius 3 is 2.67 bits per heavy atom. The second-order valence-corrected chi connectivity index (χ2v) is 4.70. The van der Waals surface area contributed by atoms with Crippen molar-refractivity contribution in [3.05, 3.63) is 38.3 Å². The van der Waals surface area contributed by atoms with Crippen LogP contribution >= 0.6 is 28.3 Å². The van der Waals surface area contributed by atoms with Crippen LogP contribution in [0, 0.1) is 10.1 Å². The minimum Gasteiger partial charge on any atom is -0.391 e. The van der Waals surface area contributed by atoms with E-state index in [0.29, 0.717) is 16.5 Å². The molecule has 0 radical (unpaired) electrons. The monoisotopic (exact) mass is 338 g/mol. The van der Waals surface area contributed by atoms with E-state index < -0.39 is 17.1 Å². The fraction of sp³-hybridized carbons (Fsp3) is 0.455. The third-order valence-corrected chi connectivity index (χ3v) is 3.22. The van der Waals surface area contributed by atoms with Gasteiger partial charge >= 0.3 is 0 Å². The minimum absolute atomic E-state index is 0. The van der Waals surface area contributed by atoms with Crippen molar-refractivity contribution in [3.8, 4) is 0 Å². The maximum Gasteiger partial charge on any atom is 0.283 e. The summed E-state index contributed by atoms with van der Waals surface area (Å²) in [7, 11) is 0. The summed E-state index contributed by atoms with van der Waals surface area (Å²) in [6.45, 7) is 1.94. The number of nitrogens with two attached hydrogens (primary N) is 1. The van der Waals surface area contributed by atoms with Gasteiger partial charge in [-0.1, -0.05) is 19.4 Å². The van der Waals surface area contributed by atoms with E-state index in [9.17, 15) is 15.2 Å². The Kier molecular flexibility index (Phi) is 7.39. The first-order valence-corrected chi connectivity index (χ1v) is 6.14. The molecule has 0 heterocycles. The maximum absolute atomic E-state index is 10.8. The molecule has 1 aromatic carbocycles. The average molecular weight is 340 g/mol. The molecule has 0 saturated carbocycles. The molecule has 5 nitrogen and oxygen atoms in total. The largest absolute Gasteiger partial charge is 0.391 e. The average Bonchev–Trinajstić information content (AvgIpc) is 2.28. The second kappa shape index (κ2) is 7.68. The van der Waals surface area contributed by atoms with Crippen molar-refractivity contribution < 1.29 is 10.0 Å². The van der Waals surface area contributed by atoms with Gasteiger partial charge in [-0.25, -0.2) is 0 Å². The Bertz CT molecular complexity index is 417. The van der Waals surface area contributed by atoms with Gasteiger partial charge in [0.15, 0.2) is 0 Å². The highest BCUT2D eigenvalue weighted by Gasteiger charge is 2.20. The van der Waals surface area contributed by atoms with Gasteiger partial charge in [0.25, 0.3) is 5.69 Å². The Morgan fingerprint density at radius 2 is 2.17 bits per heavy atom. The summed E-state index contributed by atoms with van der Waals surface area (Å²) in [4.78, 5) is 10.3. The van der Waals surface area contributed by atoms with Crippen LogP contribution in [-0.2, 0) is 0 Å². The van der Waals surface area contributed by atoms with Gasteiger partial charge in [-0.15, -0.1) is 12.4 Å². The summed E-state index contributed by atoms with van der Waals surface area (Å²) < 4.78 is 0.406. The number of nitrogens with zero attached hydrogens (tertiary/aromatic N) is 1. The highest BCUT2D eigenvalue weighted by Crippen LogP contribution is 2.29. The molecule has 1 rings (SSSR count). The molecule has 7 heteroatoms. The molecule has 0 amide bonds. The number of hydrogen-bond acceptors (Lipinski definition) is 4. The summed E-state index contributed by atoms with van der Waals surface area (Å²) in [5.41, 5.74) is 6.39. The number of halogens is 2. The number of nitro groups is 1. The predicted molar refractivity (Wildman–Crippen MR) is 75.9 cm³/mol. The van der Waals surface area contributed by atoms with E-state index in [1.807, 2.05) is 6.92 Å². The van der Waals surface area contributed by atoms with Crippen molar-refractivity contribution in [2.24, 2.45) is 5.73 Å². The summed E-state index contributed by atoms with van der Waals surface area (Å²) in [6, 6.07) is 4.06. The third-order valence-electron chi connectivity index (χ3n) is 2.55. The molecule has 0 aromatic heterocycles. The minimum atomic E-state index is -0.680. The fourth-order valence-electron chi connectivity index (χ4n) is 1.57. The lowest BCUT2D eigenvalue weighted by molar-refractivity contribution is -0.385. The van der Waals surface area contributed by atoms with Gasteiger partial charge in [0.05, 0.1) is 21.5 Å². The highest BCUT2D eigenvalue weighted by molar-refractivity contribution is 9.10. The molecule has 0 aliphatic carbocycles. The number of rotatable bonds is 5. The first-order valence-electron chi connectivity index (χ1n) is 5.34. The predicted octanol–water partition coefficient (Wildman–Crippen LogP) is 2.94. The smallest absolute Gasteiger partial charge is 0.283 e. The molecule has 3 N–H and O–H groups in total. The van der Waals surface area contributed by atoms with Crippen LogP contribution in [0.25, 0.3) is 0 Å². The molecule has 0 aliphatic rings. The molecule has 1 aromatic rings. The first-order chi connectivity index (χ1) is 7.97. The van der Waals surface area contributed by atoms with E-state index in [1.165, 1.54) is 6.07 Å². The van der Waals surface area contributed by atoms with Gasteiger partial charge in [-0.05, 0) is 34.0 Å². The zero-order chi connectivity index (χ0) is 13.0. The van der Waals surface area contributed by atoms with Crippen LogP contribution in [0.15, 0.2) is 22.7 Å². The molecule has 0 bridgehead atoms. The van der Waals surface area contributed by atoms with E-state index in [1.54, 1.807) is 12.1 Å². The van der Waals surface area contributed by atoms with Crippen LogP contribution in [-0.4, -0.2) is 16.1 Å². The van der Waals surface area contributed by atoms with Crippen LogP contribution in [0.2, 0.25) is 0 Å². The van der Waals surface area contributed by atoms with E-state index in [4.69, 9.17) is 5.73 Å². The molecule has 102 valence electrons. The summed E-state index contributed by atoms with van der Waals surface area (Å²) in [5.74, 6) is 0.